The maximum Gasteiger partial charge on any atom is 0.237 e. The van der Waals surface area contributed by atoms with E-state index in [1.54, 1.807) is 11.3 Å². The van der Waals surface area contributed by atoms with Crippen molar-refractivity contribution in [3.05, 3.63) is 16.1 Å². The van der Waals surface area contributed by atoms with Crippen LogP contribution in [0.25, 0.3) is 0 Å². The first-order valence-corrected chi connectivity index (χ1v) is 9.30. The molecule has 138 valence electrons. The molecule has 3 rings (SSSR count). The molecule has 24 heavy (non-hydrogen) atoms. The number of amides is 1. The summed E-state index contributed by atoms with van der Waals surface area (Å²) in [6.45, 7) is 7.03. The van der Waals surface area contributed by atoms with Crippen molar-refractivity contribution in [1.29, 1.82) is 0 Å². The Labute approximate surface area is 161 Å². The van der Waals surface area contributed by atoms with Gasteiger partial charge < -0.3 is 10.6 Å². The zero-order chi connectivity index (χ0) is 15.7. The van der Waals surface area contributed by atoms with Crippen molar-refractivity contribution in [2.24, 2.45) is 5.92 Å². The van der Waals surface area contributed by atoms with Gasteiger partial charge in [-0.15, -0.1) is 36.2 Å². The highest BCUT2D eigenvalue weighted by Crippen LogP contribution is 2.33. The SMILES string of the molecule is CC(C)(C)c1csc(CNC(=O)C2CC3CCCCC3N2)n1.Cl.Cl. The molecule has 2 fully saturated rings. The summed E-state index contributed by atoms with van der Waals surface area (Å²) in [5, 5.41) is 9.69. The normalized spacial score (nSPS) is 26.0. The Morgan fingerprint density at radius 2 is 2.04 bits per heavy atom. The van der Waals surface area contributed by atoms with Crippen LogP contribution in [0, 0.1) is 5.92 Å². The fourth-order valence-electron chi connectivity index (χ4n) is 3.54. The third-order valence-corrected chi connectivity index (χ3v) is 5.76. The summed E-state index contributed by atoms with van der Waals surface area (Å²) in [7, 11) is 0. The molecule has 1 saturated carbocycles. The number of nitrogens with zero attached hydrogens (tertiary/aromatic N) is 1. The molecule has 2 heterocycles. The van der Waals surface area contributed by atoms with Crippen LogP contribution in [0.2, 0.25) is 0 Å². The van der Waals surface area contributed by atoms with Crippen LogP contribution in [0.1, 0.15) is 63.6 Å². The van der Waals surface area contributed by atoms with E-state index in [2.05, 4.69) is 41.8 Å². The molecule has 0 radical (unpaired) electrons. The lowest BCUT2D eigenvalue weighted by molar-refractivity contribution is -0.123. The zero-order valence-electron chi connectivity index (χ0n) is 14.6. The van der Waals surface area contributed by atoms with E-state index >= 15 is 0 Å². The first-order valence-electron chi connectivity index (χ1n) is 8.42. The second kappa shape index (κ2) is 8.84. The lowest BCUT2D eigenvalue weighted by Crippen LogP contribution is -2.42. The number of halogens is 2. The molecule has 0 bridgehead atoms. The predicted octanol–water partition coefficient (Wildman–Crippen LogP) is 3.82. The second-order valence-electron chi connectivity index (χ2n) is 7.70. The summed E-state index contributed by atoms with van der Waals surface area (Å²) in [5.74, 6) is 0.846. The van der Waals surface area contributed by atoms with Crippen LogP contribution in [0.15, 0.2) is 5.38 Å². The van der Waals surface area contributed by atoms with Gasteiger partial charge in [-0.05, 0) is 25.2 Å². The van der Waals surface area contributed by atoms with Crippen molar-refractivity contribution in [1.82, 2.24) is 15.6 Å². The number of hydrogen-bond acceptors (Lipinski definition) is 4. The molecular weight excluding hydrogens is 365 g/mol. The maximum absolute atomic E-state index is 12.4. The number of nitrogens with one attached hydrogen (secondary N) is 2. The summed E-state index contributed by atoms with van der Waals surface area (Å²) in [5.41, 5.74) is 1.17. The van der Waals surface area contributed by atoms with E-state index in [0.29, 0.717) is 18.5 Å². The number of thiazole rings is 1. The van der Waals surface area contributed by atoms with E-state index in [9.17, 15) is 4.79 Å². The standard InChI is InChI=1S/C17H27N3OS.2ClH/c1-17(2,3)14-10-22-15(20-14)9-18-16(21)13-8-11-6-4-5-7-12(11)19-13;;/h10-13,19H,4-9H2,1-3H3,(H,18,21);2*1H. The first kappa shape index (κ1) is 21.7. The molecule has 1 aliphatic heterocycles. The lowest BCUT2D eigenvalue weighted by atomic mass is 9.85. The zero-order valence-corrected chi connectivity index (χ0v) is 17.1. The molecular formula is C17H29Cl2N3OS. The van der Waals surface area contributed by atoms with Crippen LogP contribution in [-0.4, -0.2) is 23.0 Å². The van der Waals surface area contributed by atoms with Crippen molar-refractivity contribution >= 4 is 42.1 Å². The Hall–Kier alpha value is -0.360. The Bertz CT molecular complexity index is 530. The van der Waals surface area contributed by atoms with Crippen molar-refractivity contribution in [2.75, 3.05) is 0 Å². The summed E-state index contributed by atoms with van der Waals surface area (Å²) >= 11 is 1.63. The van der Waals surface area contributed by atoms with Gasteiger partial charge in [0.2, 0.25) is 5.91 Å². The molecule has 4 nitrogen and oxygen atoms in total. The van der Waals surface area contributed by atoms with Gasteiger partial charge in [0.25, 0.3) is 0 Å². The lowest BCUT2D eigenvalue weighted by Gasteiger charge is -2.24. The highest BCUT2D eigenvalue weighted by atomic mass is 35.5. The van der Waals surface area contributed by atoms with Gasteiger partial charge in [0.05, 0.1) is 18.3 Å². The van der Waals surface area contributed by atoms with Crippen molar-refractivity contribution < 1.29 is 4.79 Å². The van der Waals surface area contributed by atoms with Gasteiger partial charge in [-0.2, -0.15) is 0 Å². The molecule has 7 heteroatoms. The third-order valence-electron chi connectivity index (χ3n) is 4.91. The molecule has 1 amide bonds. The number of carbonyl (C=O) groups excluding carboxylic acids is 1. The van der Waals surface area contributed by atoms with Gasteiger partial charge in [0.1, 0.15) is 5.01 Å². The molecule has 0 spiro atoms. The Morgan fingerprint density at radius 1 is 1.33 bits per heavy atom. The van der Waals surface area contributed by atoms with Crippen LogP contribution in [-0.2, 0) is 16.8 Å². The molecule has 2 aliphatic rings. The van der Waals surface area contributed by atoms with Crippen molar-refractivity contribution in [2.45, 2.75) is 76.9 Å². The fraction of sp³-hybridized carbons (Fsp3) is 0.765. The molecule has 1 aliphatic carbocycles. The molecule has 3 atom stereocenters. The van der Waals surface area contributed by atoms with Gasteiger partial charge in [-0.25, -0.2) is 4.98 Å². The van der Waals surface area contributed by atoms with Crippen molar-refractivity contribution in [3.8, 4) is 0 Å². The van der Waals surface area contributed by atoms with E-state index in [0.717, 1.165) is 17.1 Å². The van der Waals surface area contributed by atoms with E-state index in [1.165, 1.54) is 25.7 Å². The third kappa shape index (κ3) is 5.07. The molecule has 1 aromatic rings. The summed E-state index contributed by atoms with van der Waals surface area (Å²) in [6, 6.07) is 0.562. The van der Waals surface area contributed by atoms with Crippen LogP contribution in [0.3, 0.4) is 0 Å². The average molecular weight is 394 g/mol. The summed E-state index contributed by atoms with van der Waals surface area (Å²) in [6.07, 6.45) is 6.14. The largest absolute Gasteiger partial charge is 0.348 e. The quantitative estimate of drug-likeness (QED) is 0.820. The van der Waals surface area contributed by atoms with Crippen LogP contribution < -0.4 is 10.6 Å². The van der Waals surface area contributed by atoms with Crippen LogP contribution in [0.4, 0.5) is 0 Å². The van der Waals surface area contributed by atoms with Gasteiger partial charge in [-0.1, -0.05) is 33.6 Å². The molecule has 1 aromatic heterocycles. The second-order valence-corrected chi connectivity index (χ2v) is 8.64. The maximum atomic E-state index is 12.4. The number of hydrogen-bond donors (Lipinski definition) is 2. The smallest absolute Gasteiger partial charge is 0.237 e. The minimum Gasteiger partial charge on any atom is -0.348 e. The van der Waals surface area contributed by atoms with E-state index in [-0.39, 0.29) is 42.2 Å². The fourth-order valence-corrected chi connectivity index (χ4v) is 4.50. The highest BCUT2D eigenvalue weighted by molar-refractivity contribution is 7.09. The minimum absolute atomic E-state index is 0. The first-order chi connectivity index (χ1) is 10.4. The number of fused-ring (bicyclic) bond motifs is 1. The average Bonchev–Trinajstić information content (AvgIpc) is 3.10. The Balaban J connectivity index is 0.00000144. The van der Waals surface area contributed by atoms with E-state index < -0.39 is 0 Å². The molecule has 1 saturated heterocycles. The minimum atomic E-state index is -0.00449. The number of aromatic nitrogens is 1. The number of carbonyl (C=O) groups is 1. The van der Waals surface area contributed by atoms with Gasteiger partial charge in [0, 0.05) is 16.8 Å². The van der Waals surface area contributed by atoms with E-state index in [1.807, 2.05) is 0 Å². The Morgan fingerprint density at radius 3 is 2.67 bits per heavy atom. The Kier molecular flexibility index (Phi) is 7.98. The van der Waals surface area contributed by atoms with Gasteiger partial charge >= 0.3 is 0 Å². The molecule has 2 N–H and O–H groups in total. The van der Waals surface area contributed by atoms with Crippen LogP contribution >= 0.6 is 36.2 Å². The van der Waals surface area contributed by atoms with E-state index in [4.69, 9.17) is 0 Å². The topological polar surface area (TPSA) is 54.0 Å². The summed E-state index contributed by atoms with van der Waals surface area (Å²) < 4.78 is 0. The monoisotopic (exact) mass is 393 g/mol. The predicted molar refractivity (Wildman–Crippen MR) is 104 cm³/mol. The van der Waals surface area contributed by atoms with Gasteiger partial charge in [-0.3, -0.25) is 4.79 Å². The van der Waals surface area contributed by atoms with Gasteiger partial charge in [0.15, 0.2) is 0 Å². The van der Waals surface area contributed by atoms with Crippen molar-refractivity contribution in [3.63, 3.8) is 0 Å². The number of rotatable bonds is 3. The summed E-state index contributed by atoms with van der Waals surface area (Å²) in [4.78, 5) is 17.0. The van der Waals surface area contributed by atoms with Crippen LogP contribution in [0.5, 0.6) is 0 Å². The molecule has 3 unspecified atom stereocenters. The highest BCUT2D eigenvalue weighted by Gasteiger charge is 2.38. The molecule has 0 aromatic carbocycles.